The summed E-state index contributed by atoms with van der Waals surface area (Å²) in [6, 6.07) is 13.4. The van der Waals surface area contributed by atoms with Crippen LogP contribution in [0.5, 0.6) is 0 Å². The van der Waals surface area contributed by atoms with Crippen molar-refractivity contribution in [2.24, 2.45) is 0 Å². The van der Waals surface area contributed by atoms with E-state index in [0.29, 0.717) is 22.5 Å². The number of halogens is 2. The molecule has 0 atom stereocenters. The van der Waals surface area contributed by atoms with Crippen molar-refractivity contribution in [3.8, 4) is 22.5 Å². The summed E-state index contributed by atoms with van der Waals surface area (Å²) < 4.78 is 18.7. The molecule has 0 aliphatic rings. The third-order valence-electron chi connectivity index (χ3n) is 4.44. The van der Waals surface area contributed by atoms with Crippen LogP contribution in [0.15, 0.2) is 65.6 Å². The van der Waals surface area contributed by atoms with Crippen LogP contribution in [0.1, 0.15) is 11.1 Å². The highest BCUT2D eigenvalue weighted by Gasteiger charge is 2.22. The van der Waals surface area contributed by atoms with Gasteiger partial charge in [-0.3, -0.25) is 10.1 Å². The summed E-state index contributed by atoms with van der Waals surface area (Å²) in [6.45, 7) is 1.98. The molecule has 0 saturated heterocycles. The number of benzene rings is 2. The summed E-state index contributed by atoms with van der Waals surface area (Å²) in [5.41, 5.74) is 4.03. The molecule has 0 saturated carbocycles. The van der Waals surface area contributed by atoms with Gasteiger partial charge in [-0.1, -0.05) is 46.6 Å². The molecule has 2 aromatic carbocycles. The molecule has 6 nitrogen and oxygen atoms in total. The average Bonchev–Trinajstić information content (AvgIpc) is 3.14. The van der Waals surface area contributed by atoms with Crippen molar-refractivity contribution in [1.82, 2.24) is 15.1 Å². The number of hydrogen-bond acceptors (Lipinski definition) is 5. The molecular formula is C22H16ClFN4O2. The molecule has 2 aromatic heterocycles. The zero-order valence-corrected chi connectivity index (χ0v) is 16.7. The molecule has 0 spiro atoms. The lowest BCUT2D eigenvalue weighted by Gasteiger charge is -2.07. The van der Waals surface area contributed by atoms with Gasteiger partial charge in [0, 0.05) is 16.8 Å². The summed E-state index contributed by atoms with van der Waals surface area (Å²) in [5, 5.41) is 7.07. The number of carbonyl (C=O) groups is 1. The molecule has 1 amide bonds. The Kier molecular flexibility index (Phi) is 5.54. The lowest BCUT2D eigenvalue weighted by atomic mass is 10.0. The fourth-order valence-electron chi connectivity index (χ4n) is 3.05. The van der Waals surface area contributed by atoms with Crippen molar-refractivity contribution in [2.75, 3.05) is 5.32 Å². The highest BCUT2D eigenvalue weighted by molar-refractivity contribution is 6.31. The molecule has 4 aromatic rings. The van der Waals surface area contributed by atoms with Gasteiger partial charge in [-0.05, 0) is 36.8 Å². The van der Waals surface area contributed by atoms with Crippen molar-refractivity contribution in [3.05, 3.63) is 83.0 Å². The van der Waals surface area contributed by atoms with Gasteiger partial charge in [0.1, 0.15) is 17.8 Å². The molecular weight excluding hydrogens is 407 g/mol. The highest BCUT2D eigenvalue weighted by Crippen LogP contribution is 2.37. The van der Waals surface area contributed by atoms with Crippen molar-refractivity contribution in [3.63, 3.8) is 0 Å². The number of nitrogens with zero attached hydrogens (tertiary/aromatic N) is 3. The monoisotopic (exact) mass is 422 g/mol. The van der Waals surface area contributed by atoms with E-state index in [9.17, 15) is 9.18 Å². The van der Waals surface area contributed by atoms with E-state index in [0.717, 1.165) is 11.1 Å². The van der Waals surface area contributed by atoms with E-state index in [2.05, 4.69) is 20.4 Å². The number of nitrogens with one attached hydrogen (secondary N) is 1. The average molecular weight is 423 g/mol. The summed E-state index contributed by atoms with van der Waals surface area (Å²) in [6.07, 6.45) is 2.95. The zero-order valence-electron chi connectivity index (χ0n) is 15.9. The first-order valence-electron chi connectivity index (χ1n) is 9.08. The quantitative estimate of drug-likeness (QED) is 0.485. The van der Waals surface area contributed by atoms with Gasteiger partial charge in [-0.25, -0.2) is 14.4 Å². The largest absolute Gasteiger partial charge is 0.337 e. The molecule has 30 heavy (non-hydrogen) atoms. The summed E-state index contributed by atoms with van der Waals surface area (Å²) in [7, 11) is 0. The summed E-state index contributed by atoms with van der Waals surface area (Å²) in [5.74, 6) is -0.688. The second-order valence-corrected chi connectivity index (χ2v) is 7.07. The molecule has 0 aliphatic carbocycles. The maximum absolute atomic E-state index is 13.2. The minimum absolute atomic E-state index is 0.0528. The maximum Gasteiger partial charge on any atom is 0.241 e. The Morgan fingerprint density at radius 1 is 1.20 bits per heavy atom. The molecule has 0 aliphatic heterocycles. The molecule has 0 bridgehead atoms. The predicted molar refractivity (Wildman–Crippen MR) is 111 cm³/mol. The van der Waals surface area contributed by atoms with Crippen LogP contribution >= 0.6 is 11.6 Å². The van der Waals surface area contributed by atoms with Crippen LogP contribution in [0.25, 0.3) is 22.5 Å². The first kappa shape index (κ1) is 19.7. The number of rotatable bonds is 5. The molecule has 150 valence electrons. The first-order chi connectivity index (χ1) is 14.5. The number of aromatic nitrogens is 3. The van der Waals surface area contributed by atoms with Gasteiger partial charge < -0.3 is 4.52 Å². The number of anilines is 1. The first-order valence-corrected chi connectivity index (χ1v) is 9.46. The van der Waals surface area contributed by atoms with Gasteiger partial charge in [0.25, 0.3) is 0 Å². The standard InChI is InChI=1S/C22H16ClFN4O2/c1-13-3-2-4-15(9-13)21-20(18-7-8-25-12-26-18)22(30-28-21)27-19(29)10-14-5-6-16(24)11-17(14)23/h2-9,11-12H,10H2,1H3,(H,27,29). The van der Waals surface area contributed by atoms with E-state index in [-0.39, 0.29) is 23.2 Å². The Hall–Kier alpha value is -3.58. The van der Waals surface area contributed by atoms with Gasteiger partial charge in [0.05, 0.1) is 17.7 Å². The van der Waals surface area contributed by atoms with Crippen LogP contribution < -0.4 is 5.32 Å². The van der Waals surface area contributed by atoms with Crippen molar-refractivity contribution >= 4 is 23.4 Å². The predicted octanol–water partition coefficient (Wildman–Crippen LogP) is 5.08. The Bertz CT molecular complexity index is 1210. The SMILES string of the molecule is Cc1cccc(-c2noc(NC(=O)Cc3ccc(F)cc3Cl)c2-c2ccncn2)c1. The molecule has 1 N–H and O–H groups in total. The van der Waals surface area contributed by atoms with Crippen molar-refractivity contribution < 1.29 is 13.7 Å². The molecule has 8 heteroatoms. The summed E-state index contributed by atoms with van der Waals surface area (Å²) in [4.78, 5) is 20.8. The Balaban J connectivity index is 1.69. The molecule has 2 heterocycles. The highest BCUT2D eigenvalue weighted by atomic mass is 35.5. The van der Waals surface area contributed by atoms with Crippen molar-refractivity contribution in [2.45, 2.75) is 13.3 Å². The van der Waals surface area contributed by atoms with Gasteiger partial charge in [-0.15, -0.1) is 0 Å². The van der Waals surface area contributed by atoms with Crippen molar-refractivity contribution in [1.29, 1.82) is 0 Å². The van der Waals surface area contributed by atoms with Crippen LogP contribution in [0.2, 0.25) is 5.02 Å². The second-order valence-electron chi connectivity index (χ2n) is 6.66. The summed E-state index contributed by atoms with van der Waals surface area (Å²) >= 11 is 6.03. The smallest absolute Gasteiger partial charge is 0.241 e. The fraction of sp³-hybridized carbons (Fsp3) is 0.0909. The van der Waals surface area contributed by atoms with Crippen LogP contribution in [0.4, 0.5) is 10.3 Å². The minimum atomic E-state index is -0.465. The van der Waals surface area contributed by atoms with E-state index >= 15 is 0 Å². The second kappa shape index (κ2) is 8.42. The van der Waals surface area contributed by atoms with Crippen LogP contribution in [-0.2, 0) is 11.2 Å². The van der Waals surface area contributed by atoms with Gasteiger partial charge >= 0.3 is 0 Å². The van der Waals surface area contributed by atoms with E-state index < -0.39 is 5.82 Å². The zero-order chi connectivity index (χ0) is 21.1. The minimum Gasteiger partial charge on any atom is -0.337 e. The number of carbonyl (C=O) groups excluding carboxylic acids is 1. The van der Waals surface area contributed by atoms with Gasteiger partial charge in [-0.2, -0.15) is 0 Å². The number of hydrogen-bond donors (Lipinski definition) is 1. The third kappa shape index (κ3) is 4.21. The van der Waals surface area contributed by atoms with E-state index in [4.69, 9.17) is 16.1 Å². The molecule has 0 fully saturated rings. The molecule has 0 radical (unpaired) electrons. The molecule has 0 unspecified atom stereocenters. The maximum atomic E-state index is 13.2. The number of amides is 1. The Morgan fingerprint density at radius 3 is 2.80 bits per heavy atom. The number of aryl methyl sites for hydroxylation is 1. The topological polar surface area (TPSA) is 80.9 Å². The van der Waals surface area contributed by atoms with E-state index in [1.807, 2.05) is 31.2 Å². The normalized spacial score (nSPS) is 10.8. The Labute approximate surface area is 176 Å². The Morgan fingerprint density at radius 2 is 2.07 bits per heavy atom. The molecule has 4 rings (SSSR count). The van der Waals surface area contributed by atoms with Crippen LogP contribution in [-0.4, -0.2) is 21.0 Å². The van der Waals surface area contributed by atoms with Crippen LogP contribution in [0.3, 0.4) is 0 Å². The third-order valence-corrected chi connectivity index (χ3v) is 4.79. The fourth-order valence-corrected chi connectivity index (χ4v) is 3.28. The van der Waals surface area contributed by atoms with Gasteiger partial charge in [0.2, 0.25) is 11.8 Å². The van der Waals surface area contributed by atoms with E-state index in [1.54, 1.807) is 12.3 Å². The van der Waals surface area contributed by atoms with Gasteiger partial charge in [0.15, 0.2) is 0 Å². The lowest BCUT2D eigenvalue weighted by Crippen LogP contribution is -2.15. The van der Waals surface area contributed by atoms with E-state index in [1.165, 1.54) is 24.5 Å². The lowest BCUT2D eigenvalue weighted by molar-refractivity contribution is -0.115. The van der Waals surface area contributed by atoms with Crippen LogP contribution in [0, 0.1) is 12.7 Å².